The highest BCUT2D eigenvalue weighted by molar-refractivity contribution is 5.94. The summed E-state index contributed by atoms with van der Waals surface area (Å²) in [5, 5.41) is 7.43. The lowest BCUT2D eigenvalue weighted by atomic mass is 10.1. The summed E-state index contributed by atoms with van der Waals surface area (Å²) in [4.78, 5) is 12.3. The lowest BCUT2D eigenvalue weighted by Crippen LogP contribution is -2.30. The van der Waals surface area contributed by atoms with E-state index in [1.165, 1.54) is 0 Å². The molecule has 2 aromatic rings. The van der Waals surface area contributed by atoms with Crippen LogP contribution in [0.1, 0.15) is 28.7 Å². The van der Waals surface area contributed by atoms with Crippen LogP contribution >= 0.6 is 0 Å². The summed E-state index contributed by atoms with van der Waals surface area (Å²) in [5.74, 6) is 1.50. The molecule has 2 heterocycles. The first kappa shape index (κ1) is 16.4. The number of amides is 1. The molecule has 0 fully saturated rings. The van der Waals surface area contributed by atoms with Crippen molar-refractivity contribution in [3.8, 4) is 11.5 Å². The Morgan fingerprint density at radius 3 is 2.71 bits per heavy atom. The Bertz CT molecular complexity index is 739. The first-order valence-electron chi connectivity index (χ1n) is 8.22. The van der Waals surface area contributed by atoms with Crippen LogP contribution < -0.4 is 14.8 Å². The second-order valence-corrected chi connectivity index (χ2v) is 6.28. The number of nitrogens with zero attached hydrogens (tertiary/aromatic N) is 2. The first-order valence-corrected chi connectivity index (χ1v) is 8.22. The monoisotopic (exact) mass is 329 g/mol. The molecule has 0 bridgehead atoms. The molecule has 1 atom stereocenters. The summed E-state index contributed by atoms with van der Waals surface area (Å²) in [6.07, 6.45) is 0. The summed E-state index contributed by atoms with van der Waals surface area (Å²) in [5.41, 5.74) is 2.73. The zero-order valence-corrected chi connectivity index (χ0v) is 14.3. The highest BCUT2D eigenvalue weighted by atomic mass is 16.6. The molecule has 0 saturated carbocycles. The van der Waals surface area contributed by atoms with Crippen molar-refractivity contribution < 1.29 is 14.3 Å². The van der Waals surface area contributed by atoms with Gasteiger partial charge in [-0.3, -0.25) is 9.48 Å². The van der Waals surface area contributed by atoms with Crippen LogP contribution in [0.4, 0.5) is 0 Å². The van der Waals surface area contributed by atoms with E-state index in [1.807, 2.05) is 18.5 Å². The summed E-state index contributed by atoms with van der Waals surface area (Å²) in [6.45, 7) is 8.55. The van der Waals surface area contributed by atoms with Gasteiger partial charge in [0.05, 0.1) is 5.69 Å². The molecule has 0 radical (unpaired) electrons. The Morgan fingerprint density at radius 2 is 2.00 bits per heavy atom. The summed E-state index contributed by atoms with van der Waals surface area (Å²) in [6, 6.07) is 7.33. The lowest BCUT2D eigenvalue weighted by molar-refractivity contribution is 0.0945. The van der Waals surface area contributed by atoms with Crippen LogP contribution in [0, 0.1) is 19.8 Å². The van der Waals surface area contributed by atoms with E-state index in [9.17, 15) is 4.79 Å². The Kier molecular flexibility index (Phi) is 4.74. The largest absolute Gasteiger partial charge is 0.486 e. The van der Waals surface area contributed by atoms with Crippen LogP contribution in [-0.4, -0.2) is 35.4 Å². The van der Waals surface area contributed by atoms with Gasteiger partial charge in [0, 0.05) is 24.3 Å². The van der Waals surface area contributed by atoms with Gasteiger partial charge < -0.3 is 14.8 Å². The molecule has 3 rings (SSSR count). The predicted octanol–water partition coefficient (Wildman–Crippen LogP) is 2.34. The maximum absolute atomic E-state index is 12.3. The minimum atomic E-state index is -0.104. The zero-order valence-electron chi connectivity index (χ0n) is 14.3. The van der Waals surface area contributed by atoms with Crippen LogP contribution in [0.2, 0.25) is 0 Å². The first-order chi connectivity index (χ1) is 11.5. The minimum absolute atomic E-state index is 0.104. The van der Waals surface area contributed by atoms with Crippen LogP contribution in [0.25, 0.3) is 0 Å². The fourth-order valence-corrected chi connectivity index (χ4v) is 2.77. The molecule has 1 aromatic carbocycles. The van der Waals surface area contributed by atoms with E-state index in [0.29, 0.717) is 36.8 Å². The molecule has 6 heteroatoms. The Hall–Kier alpha value is -2.50. The molecule has 1 aliphatic rings. The molecule has 1 N–H and O–H groups in total. The molecule has 6 nitrogen and oxygen atoms in total. The molecule has 24 heavy (non-hydrogen) atoms. The Labute approximate surface area is 141 Å². The maximum atomic E-state index is 12.3. The number of aryl methyl sites for hydroxylation is 2. The van der Waals surface area contributed by atoms with Gasteiger partial charge in [0.2, 0.25) is 0 Å². The highest BCUT2D eigenvalue weighted by Crippen LogP contribution is 2.30. The maximum Gasteiger partial charge on any atom is 0.251 e. The third-order valence-corrected chi connectivity index (χ3v) is 4.00. The number of rotatable bonds is 5. The van der Waals surface area contributed by atoms with Gasteiger partial charge in [0.1, 0.15) is 13.2 Å². The van der Waals surface area contributed by atoms with Gasteiger partial charge in [-0.2, -0.15) is 5.10 Å². The van der Waals surface area contributed by atoms with E-state index in [0.717, 1.165) is 17.9 Å². The van der Waals surface area contributed by atoms with Gasteiger partial charge in [-0.25, -0.2) is 0 Å². The van der Waals surface area contributed by atoms with Crippen molar-refractivity contribution in [2.24, 2.45) is 5.92 Å². The van der Waals surface area contributed by atoms with Gasteiger partial charge in [-0.15, -0.1) is 0 Å². The minimum Gasteiger partial charge on any atom is -0.486 e. The number of benzene rings is 1. The van der Waals surface area contributed by atoms with E-state index in [4.69, 9.17) is 9.47 Å². The molecular weight excluding hydrogens is 306 g/mol. The third-order valence-electron chi connectivity index (χ3n) is 4.00. The number of carbonyl (C=O) groups excluding carboxylic acids is 1. The molecule has 0 saturated heterocycles. The van der Waals surface area contributed by atoms with Crippen LogP contribution in [0.15, 0.2) is 24.3 Å². The number of aromatic nitrogens is 2. The molecule has 1 amide bonds. The van der Waals surface area contributed by atoms with Gasteiger partial charge in [0.15, 0.2) is 11.5 Å². The van der Waals surface area contributed by atoms with Gasteiger partial charge in [0.25, 0.3) is 5.91 Å². The molecule has 1 aromatic heterocycles. The van der Waals surface area contributed by atoms with E-state index < -0.39 is 0 Å². The summed E-state index contributed by atoms with van der Waals surface area (Å²) < 4.78 is 13.0. The van der Waals surface area contributed by atoms with Gasteiger partial charge in [-0.1, -0.05) is 6.92 Å². The predicted molar refractivity (Wildman–Crippen MR) is 90.6 cm³/mol. The normalized spacial score (nSPS) is 14.3. The van der Waals surface area contributed by atoms with Crippen molar-refractivity contribution in [1.29, 1.82) is 0 Å². The zero-order chi connectivity index (χ0) is 17.1. The number of carbonyl (C=O) groups is 1. The molecule has 128 valence electrons. The van der Waals surface area contributed by atoms with Gasteiger partial charge in [-0.05, 0) is 44.0 Å². The van der Waals surface area contributed by atoms with Crippen molar-refractivity contribution in [1.82, 2.24) is 15.1 Å². The second-order valence-electron chi connectivity index (χ2n) is 6.28. The number of hydrogen-bond donors (Lipinski definition) is 1. The van der Waals surface area contributed by atoms with Crippen LogP contribution in [0.3, 0.4) is 0 Å². The van der Waals surface area contributed by atoms with Gasteiger partial charge >= 0.3 is 0 Å². The standard InChI is InChI=1S/C18H23N3O3/c1-12(11-21-14(3)8-13(2)20-21)10-19-18(22)15-4-5-16-17(9-15)24-7-6-23-16/h4-5,8-9,12H,6-7,10-11H2,1-3H3,(H,19,22)/t12-/m1/s1. The summed E-state index contributed by atoms with van der Waals surface area (Å²) in [7, 11) is 0. The fraction of sp³-hybridized carbons (Fsp3) is 0.444. The number of hydrogen-bond acceptors (Lipinski definition) is 4. The average Bonchev–Trinajstić information content (AvgIpc) is 2.89. The second kappa shape index (κ2) is 6.95. The SMILES string of the molecule is Cc1cc(C)n(C[C@H](C)CNC(=O)c2ccc3c(c2)OCCO3)n1. The van der Waals surface area contributed by atoms with Crippen molar-refractivity contribution >= 4 is 5.91 Å². The van der Waals surface area contributed by atoms with E-state index in [2.05, 4.69) is 23.4 Å². The fourth-order valence-electron chi connectivity index (χ4n) is 2.77. The van der Waals surface area contributed by atoms with Crippen molar-refractivity contribution in [2.75, 3.05) is 19.8 Å². The third kappa shape index (κ3) is 3.69. The Morgan fingerprint density at radius 1 is 1.25 bits per heavy atom. The van der Waals surface area contributed by atoms with E-state index >= 15 is 0 Å². The van der Waals surface area contributed by atoms with Crippen LogP contribution in [0.5, 0.6) is 11.5 Å². The molecule has 0 aliphatic carbocycles. The quantitative estimate of drug-likeness (QED) is 0.914. The molecular formula is C18H23N3O3. The topological polar surface area (TPSA) is 65.4 Å². The van der Waals surface area contributed by atoms with Crippen molar-refractivity contribution in [3.63, 3.8) is 0 Å². The molecule has 0 unspecified atom stereocenters. The van der Waals surface area contributed by atoms with E-state index in [-0.39, 0.29) is 11.8 Å². The van der Waals surface area contributed by atoms with Crippen LogP contribution in [-0.2, 0) is 6.54 Å². The molecule has 1 aliphatic heterocycles. The number of nitrogens with one attached hydrogen (secondary N) is 1. The smallest absolute Gasteiger partial charge is 0.251 e. The average molecular weight is 329 g/mol. The molecule has 0 spiro atoms. The Balaban J connectivity index is 1.56. The number of fused-ring (bicyclic) bond motifs is 1. The highest BCUT2D eigenvalue weighted by Gasteiger charge is 2.15. The van der Waals surface area contributed by atoms with Crippen molar-refractivity contribution in [3.05, 3.63) is 41.2 Å². The summed E-state index contributed by atoms with van der Waals surface area (Å²) >= 11 is 0. The van der Waals surface area contributed by atoms with E-state index in [1.54, 1.807) is 18.2 Å². The van der Waals surface area contributed by atoms with Crippen molar-refractivity contribution in [2.45, 2.75) is 27.3 Å². The lowest BCUT2D eigenvalue weighted by Gasteiger charge is -2.19. The number of ether oxygens (including phenoxy) is 2.